The number of carboxylic acids is 1. The van der Waals surface area contributed by atoms with E-state index >= 15 is 0 Å². The minimum absolute atomic E-state index is 0.0822. The molecule has 1 aliphatic heterocycles. The molecule has 2 aromatic rings. The van der Waals surface area contributed by atoms with Crippen LogP contribution in [0.25, 0.3) is 0 Å². The number of carboxylic acid groups (broad SMARTS) is 1. The van der Waals surface area contributed by atoms with Crippen LogP contribution in [0.15, 0.2) is 18.3 Å². The summed E-state index contributed by atoms with van der Waals surface area (Å²) >= 11 is 0. The number of halogens is 3. The molecule has 10 nitrogen and oxygen atoms in total. The van der Waals surface area contributed by atoms with Crippen molar-refractivity contribution in [3.8, 4) is 0 Å². The first-order valence-corrected chi connectivity index (χ1v) is 9.78. The Labute approximate surface area is 182 Å². The van der Waals surface area contributed by atoms with Crippen molar-refractivity contribution in [2.75, 3.05) is 26.8 Å². The van der Waals surface area contributed by atoms with Gasteiger partial charge in [-0.2, -0.15) is 23.4 Å². The van der Waals surface area contributed by atoms with Gasteiger partial charge in [0.2, 0.25) is 5.91 Å². The van der Waals surface area contributed by atoms with Crippen LogP contribution in [0.4, 0.5) is 13.2 Å². The first-order valence-electron chi connectivity index (χ1n) is 9.78. The van der Waals surface area contributed by atoms with Crippen LogP contribution in [0.3, 0.4) is 0 Å². The van der Waals surface area contributed by atoms with E-state index in [1.807, 2.05) is 29.5 Å². The molecule has 3 rings (SSSR count). The number of aryl methyl sites for hydroxylation is 2. The monoisotopic (exact) mass is 460 g/mol. The van der Waals surface area contributed by atoms with Crippen LogP contribution in [0, 0.1) is 12.8 Å². The number of carbonyl (C=O) groups is 2. The molecular formula is C19H27F3N6O4. The summed E-state index contributed by atoms with van der Waals surface area (Å²) in [4.78, 5) is 23.0. The molecule has 32 heavy (non-hydrogen) atoms. The van der Waals surface area contributed by atoms with Gasteiger partial charge in [0.1, 0.15) is 6.61 Å². The Morgan fingerprint density at radius 1 is 1.34 bits per heavy atom. The third kappa shape index (κ3) is 7.64. The predicted molar refractivity (Wildman–Crippen MR) is 106 cm³/mol. The highest BCUT2D eigenvalue weighted by Gasteiger charge is 2.38. The SMILES string of the molecule is COCC(=O)NCC1CN(Cc2cc(C)nn2C)Cc2ccnn2C1.O=C(O)C(F)(F)F. The first kappa shape index (κ1) is 25.3. The molecule has 0 fully saturated rings. The smallest absolute Gasteiger partial charge is 0.475 e. The summed E-state index contributed by atoms with van der Waals surface area (Å²) in [7, 11) is 3.51. The lowest BCUT2D eigenvalue weighted by Crippen LogP contribution is -2.37. The minimum atomic E-state index is -5.08. The summed E-state index contributed by atoms with van der Waals surface area (Å²) in [6.07, 6.45) is -3.24. The summed E-state index contributed by atoms with van der Waals surface area (Å²) in [6, 6.07) is 4.19. The number of hydrogen-bond acceptors (Lipinski definition) is 6. The van der Waals surface area contributed by atoms with Crippen molar-refractivity contribution in [3.63, 3.8) is 0 Å². The lowest BCUT2D eigenvalue weighted by Gasteiger charge is -2.24. The van der Waals surface area contributed by atoms with E-state index in [-0.39, 0.29) is 18.4 Å². The highest BCUT2D eigenvalue weighted by molar-refractivity contribution is 5.77. The zero-order valence-corrected chi connectivity index (χ0v) is 18.1. The van der Waals surface area contributed by atoms with E-state index in [0.717, 1.165) is 31.9 Å². The van der Waals surface area contributed by atoms with E-state index in [0.29, 0.717) is 6.54 Å². The number of nitrogens with zero attached hydrogens (tertiary/aromatic N) is 5. The fourth-order valence-electron chi connectivity index (χ4n) is 3.35. The highest BCUT2D eigenvalue weighted by Crippen LogP contribution is 2.18. The minimum Gasteiger partial charge on any atom is -0.475 e. The number of fused-ring (bicyclic) bond motifs is 1. The zero-order valence-electron chi connectivity index (χ0n) is 18.1. The second-order valence-electron chi connectivity index (χ2n) is 7.48. The van der Waals surface area contributed by atoms with Gasteiger partial charge in [0, 0.05) is 59.0 Å². The topological polar surface area (TPSA) is 115 Å². The van der Waals surface area contributed by atoms with Gasteiger partial charge >= 0.3 is 12.1 Å². The number of alkyl halides is 3. The van der Waals surface area contributed by atoms with E-state index in [9.17, 15) is 18.0 Å². The van der Waals surface area contributed by atoms with Crippen LogP contribution in [0.1, 0.15) is 17.1 Å². The Bertz CT molecular complexity index is 911. The fraction of sp³-hybridized carbons (Fsp3) is 0.579. The Morgan fingerprint density at radius 3 is 2.59 bits per heavy atom. The average molecular weight is 460 g/mol. The molecule has 1 amide bonds. The van der Waals surface area contributed by atoms with Gasteiger partial charge in [-0.05, 0) is 19.1 Å². The third-order valence-corrected chi connectivity index (χ3v) is 4.73. The fourth-order valence-corrected chi connectivity index (χ4v) is 3.35. The quantitative estimate of drug-likeness (QED) is 0.660. The Hall–Kier alpha value is -2.93. The van der Waals surface area contributed by atoms with Gasteiger partial charge in [0.15, 0.2) is 0 Å². The van der Waals surface area contributed by atoms with Crippen molar-refractivity contribution >= 4 is 11.9 Å². The maximum Gasteiger partial charge on any atom is 0.490 e. The molecule has 0 aliphatic carbocycles. The van der Waals surface area contributed by atoms with Crippen molar-refractivity contribution in [1.82, 2.24) is 29.8 Å². The molecule has 2 aromatic heterocycles. The average Bonchev–Trinajstić information content (AvgIpc) is 3.20. The van der Waals surface area contributed by atoms with Crippen molar-refractivity contribution in [1.29, 1.82) is 0 Å². The van der Waals surface area contributed by atoms with Crippen LogP contribution in [-0.2, 0) is 41.0 Å². The number of aliphatic carboxylic acids is 1. The normalized spacial score (nSPS) is 16.5. The van der Waals surface area contributed by atoms with Crippen LogP contribution in [-0.4, -0.2) is 74.4 Å². The summed E-state index contributed by atoms with van der Waals surface area (Å²) in [6.45, 7) is 6.07. The number of aromatic nitrogens is 4. The molecule has 0 saturated carbocycles. The van der Waals surface area contributed by atoms with E-state index in [1.165, 1.54) is 18.5 Å². The molecule has 0 saturated heterocycles. The van der Waals surface area contributed by atoms with Gasteiger partial charge in [-0.15, -0.1) is 0 Å². The second kappa shape index (κ2) is 11.1. The number of hydrogen-bond donors (Lipinski definition) is 2. The van der Waals surface area contributed by atoms with Crippen LogP contribution >= 0.6 is 0 Å². The maximum absolute atomic E-state index is 11.7. The zero-order chi connectivity index (χ0) is 23.9. The van der Waals surface area contributed by atoms with Crippen molar-refractivity contribution in [2.45, 2.75) is 32.7 Å². The van der Waals surface area contributed by atoms with Crippen molar-refractivity contribution < 1.29 is 32.6 Å². The van der Waals surface area contributed by atoms with Crippen LogP contribution in [0.2, 0.25) is 0 Å². The van der Waals surface area contributed by atoms with Gasteiger partial charge in [-0.3, -0.25) is 19.1 Å². The molecule has 0 spiro atoms. The highest BCUT2D eigenvalue weighted by atomic mass is 19.4. The summed E-state index contributed by atoms with van der Waals surface area (Å²) in [5.41, 5.74) is 3.41. The maximum atomic E-state index is 11.7. The molecule has 3 heterocycles. The molecule has 13 heteroatoms. The van der Waals surface area contributed by atoms with E-state index < -0.39 is 12.1 Å². The van der Waals surface area contributed by atoms with E-state index in [1.54, 1.807) is 0 Å². The van der Waals surface area contributed by atoms with Gasteiger partial charge in [-0.1, -0.05) is 0 Å². The second-order valence-corrected chi connectivity index (χ2v) is 7.48. The standard InChI is InChI=1S/C17H26N6O2.C2HF3O2/c1-13-6-16(21(2)20-13)11-22-8-14(7-18-17(24)12-25-3)9-23-15(10-22)4-5-19-23;3-2(4,5)1(6)7/h4-6,14H,7-12H2,1-3H3,(H,18,24);(H,6,7). The molecule has 0 aromatic carbocycles. The summed E-state index contributed by atoms with van der Waals surface area (Å²) in [5, 5.41) is 18.9. The molecule has 1 unspecified atom stereocenters. The molecule has 1 atom stereocenters. The van der Waals surface area contributed by atoms with Crippen LogP contribution in [0.5, 0.6) is 0 Å². The lowest BCUT2D eigenvalue weighted by molar-refractivity contribution is -0.192. The van der Waals surface area contributed by atoms with Gasteiger partial charge in [-0.25, -0.2) is 4.79 Å². The first-order chi connectivity index (χ1) is 15.0. The Balaban J connectivity index is 0.000000451. The Kier molecular flexibility index (Phi) is 8.78. The number of nitrogens with one attached hydrogen (secondary N) is 1. The van der Waals surface area contributed by atoms with Gasteiger partial charge in [0.05, 0.1) is 17.1 Å². The van der Waals surface area contributed by atoms with Crippen molar-refractivity contribution in [3.05, 3.63) is 35.4 Å². The Morgan fingerprint density at radius 2 is 2.03 bits per heavy atom. The van der Waals surface area contributed by atoms with E-state index in [2.05, 4.69) is 32.5 Å². The van der Waals surface area contributed by atoms with Crippen LogP contribution < -0.4 is 5.32 Å². The number of carbonyl (C=O) groups excluding carboxylic acids is 1. The molecule has 0 bridgehead atoms. The number of amides is 1. The molecule has 178 valence electrons. The largest absolute Gasteiger partial charge is 0.490 e. The summed E-state index contributed by atoms with van der Waals surface area (Å²) < 4.78 is 40.6. The van der Waals surface area contributed by atoms with E-state index in [4.69, 9.17) is 14.6 Å². The molecule has 0 radical (unpaired) electrons. The predicted octanol–water partition coefficient (Wildman–Crippen LogP) is 0.953. The van der Waals surface area contributed by atoms with Crippen molar-refractivity contribution in [2.24, 2.45) is 13.0 Å². The molecule has 2 N–H and O–H groups in total. The number of ether oxygens (including phenoxy) is 1. The number of methoxy groups -OCH3 is 1. The summed E-state index contributed by atoms with van der Waals surface area (Å²) in [5.74, 6) is -2.55. The lowest BCUT2D eigenvalue weighted by atomic mass is 10.1. The van der Waals surface area contributed by atoms with Gasteiger partial charge in [0.25, 0.3) is 0 Å². The molecular weight excluding hydrogens is 433 g/mol. The van der Waals surface area contributed by atoms with Gasteiger partial charge < -0.3 is 15.2 Å². The molecule has 1 aliphatic rings. The third-order valence-electron chi connectivity index (χ3n) is 4.73. The number of rotatable bonds is 6.